The van der Waals surface area contributed by atoms with Crippen molar-refractivity contribution in [1.29, 1.82) is 0 Å². The Bertz CT molecular complexity index is 1180. The van der Waals surface area contributed by atoms with Gasteiger partial charge in [0.05, 0.1) is 16.9 Å². The van der Waals surface area contributed by atoms with E-state index >= 15 is 0 Å². The molecule has 1 saturated heterocycles. The third-order valence-electron chi connectivity index (χ3n) is 5.12. The SMILES string of the molecule is Cn1c(C2CCCN2c2nnc3ccccn23)nc2ccccc2c1=O. The fraction of sp³-hybridized carbons (Fsp3) is 0.263. The Hall–Kier alpha value is -3.22. The lowest BCUT2D eigenvalue weighted by Gasteiger charge is -2.25. The molecule has 3 aromatic heterocycles. The Labute approximate surface area is 149 Å². The third-order valence-corrected chi connectivity index (χ3v) is 5.12. The second kappa shape index (κ2) is 5.66. The highest BCUT2D eigenvalue weighted by Crippen LogP contribution is 2.34. The van der Waals surface area contributed by atoms with Crippen molar-refractivity contribution >= 4 is 22.5 Å². The van der Waals surface area contributed by atoms with Crippen molar-refractivity contribution in [2.75, 3.05) is 11.4 Å². The Morgan fingerprint density at radius 3 is 2.85 bits per heavy atom. The third kappa shape index (κ3) is 2.13. The van der Waals surface area contributed by atoms with Gasteiger partial charge in [0.15, 0.2) is 5.65 Å². The monoisotopic (exact) mass is 346 g/mol. The number of hydrogen-bond acceptors (Lipinski definition) is 5. The largest absolute Gasteiger partial charge is 0.330 e. The quantitative estimate of drug-likeness (QED) is 0.557. The van der Waals surface area contributed by atoms with Crippen molar-refractivity contribution in [2.24, 2.45) is 7.05 Å². The first kappa shape index (κ1) is 15.1. The van der Waals surface area contributed by atoms with Crippen LogP contribution in [0.5, 0.6) is 0 Å². The van der Waals surface area contributed by atoms with E-state index in [1.165, 1.54) is 0 Å². The van der Waals surface area contributed by atoms with E-state index in [1.54, 1.807) is 11.6 Å². The summed E-state index contributed by atoms with van der Waals surface area (Å²) in [6, 6.07) is 13.4. The highest BCUT2D eigenvalue weighted by molar-refractivity contribution is 5.77. The van der Waals surface area contributed by atoms with Gasteiger partial charge in [0, 0.05) is 19.8 Å². The van der Waals surface area contributed by atoms with Crippen LogP contribution in [0.3, 0.4) is 0 Å². The van der Waals surface area contributed by atoms with Crippen molar-refractivity contribution in [2.45, 2.75) is 18.9 Å². The van der Waals surface area contributed by atoms with E-state index in [2.05, 4.69) is 15.1 Å². The smallest absolute Gasteiger partial charge is 0.261 e. The van der Waals surface area contributed by atoms with Crippen LogP contribution >= 0.6 is 0 Å². The molecule has 1 aromatic carbocycles. The summed E-state index contributed by atoms with van der Waals surface area (Å²) in [5, 5.41) is 9.30. The summed E-state index contributed by atoms with van der Waals surface area (Å²) < 4.78 is 3.66. The lowest BCUT2D eigenvalue weighted by molar-refractivity contribution is 0.601. The van der Waals surface area contributed by atoms with E-state index in [4.69, 9.17) is 4.98 Å². The molecule has 0 saturated carbocycles. The standard InChI is InChI=1S/C19H18N6O/c1-23-17(20-14-8-3-2-7-13(14)18(23)26)15-9-6-12-24(15)19-22-21-16-10-4-5-11-25(16)19/h2-5,7-8,10-11,15H,6,9,12H2,1H3. The van der Waals surface area contributed by atoms with Crippen LogP contribution in [0, 0.1) is 0 Å². The predicted octanol–water partition coefficient (Wildman–Crippen LogP) is 2.32. The van der Waals surface area contributed by atoms with Crippen molar-refractivity contribution in [3.05, 3.63) is 64.8 Å². The van der Waals surface area contributed by atoms with Gasteiger partial charge in [-0.1, -0.05) is 18.2 Å². The van der Waals surface area contributed by atoms with E-state index in [0.717, 1.165) is 42.3 Å². The van der Waals surface area contributed by atoms with E-state index < -0.39 is 0 Å². The Morgan fingerprint density at radius 1 is 1.08 bits per heavy atom. The van der Waals surface area contributed by atoms with Gasteiger partial charge in [0.25, 0.3) is 5.56 Å². The number of rotatable bonds is 2. The van der Waals surface area contributed by atoms with Gasteiger partial charge in [-0.2, -0.15) is 0 Å². The second-order valence-corrected chi connectivity index (χ2v) is 6.63. The zero-order valence-corrected chi connectivity index (χ0v) is 14.4. The number of aromatic nitrogens is 5. The topological polar surface area (TPSA) is 68.3 Å². The highest BCUT2D eigenvalue weighted by atomic mass is 16.1. The van der Waals surface area contributed by atoms with Crippen LogP contribution in [0.1, 0.15) is 24.7 Å². The molecule has 1 aliphatic rings. The number of benzene rings is 1. The van der Waals surface area contributed by atoms with Gasteiger partial charge in [-0.25, -0.2) is 4.98 Å². The average Bonchev–Trinajstić information content (AvgIpc) is 3.31. The zero-order chi connectivity index (χ0) is 17.7. The summed E-state index contributed by atoms with van der Waals surface area (Å²) in [7, 11) is 1.80. The number of pyridine rings is 1. The van der Waals surface area contributed by atoms with Crippen LogP contribution in [0.2, 0.25) is 0 Å². The van der Waals surface area contributed by atoms with Crippen LogP contribution < -0.4 is 10.5 Å². The molecular weight excluding hydrogens is 328 g/mol. The molecule has 1 unspecified atom stereocenters. The van der Waals surface area contributed by atoms with Crippen LogP contribution in [0.25, 0.3) is 16.6 Å². The first-order chi connectivity index (χ1) is 12.7. The number of hydrogen-bond donors (Lipinski definition) is 0. The molecule has 130 valence electrons. The fourth-order valence-electron chi connectivity index (χ4n) is 3.83. The summed E-state index contributed by atoms with van der Waals surface area (Å²) in [6.07, 6.45) is 3.92. The van der Waals surface area contributed by atoms with Gasteiger partial charge in [-0.05, 0) is 37.1 Å². The lowest BCUT2D eigenvalue weighted by atomic mass is 10.1. The summed E-state index contributed by atoms with van der Waals surface area (Å²) in [4.78, 5) is 19.8. The Balaban J connectivity index is 1.67. The summed E-state index contributed by atoms with van der Waals surface area (Å²) in [5.74, 6) is 1.57. The maximum absolute atomic E-state index is 12.8. The van der Waals surface area contributed by atoms with Crippen molar-refractivity contribution < 1.29 is 0 Å². The van der Waals surface area contributed by atoms with Gasteiger partial charge < -0.3 is 4.90 Å². The fourth-order valence-corrected chi connectivity index (χ4v) is 3.83. The number of nitrogens with zero attached hydrogens (tertiary/aromatic N) is 6. The molecule has 0 bridgehead atoms. The summed E-state index contributed by atoms with van der Waals surface area (Å²) >= 11 is 0. The molecule has 4 heterocycles. The van der Waals surface area contributed by atoms with Gasteiger partial charge in [0.2, 0.25) is 5.95 Å². The van der Waals surface area contributed by atoms with Crippen LogP contribution in [0.4, 0.5) is 5.95 Å². The molecular formula is C19H18N6O. The molecule has 0 spiro atoms. The van der Waals surface area contributed by atoms with E-state index in [9.17, 15) is 4.79 Å². The molecule has 1 aliphatic heterocycles. The maximum Gasteiger partial charge on any atom is 0.261 e. The van der Waals surface area contributed by atoms with Gasteiger partial charge in [-0.15, -0.1) is 10.2 Å². The molecule has 1 atom stereocenters. The molecule has 0 radical (unpaired) electrons. The molecule has 0 amide bonds. The minimum Gasteiger partial charge on any atom is -0.330 e. The maximum atomic E-state index is 12.8. The number of anilines is 1. The average molecular weight is 346 g/mol. The molecule has 26 heavy (non-hydrogen) atoms. The molecule has 5 rings (SSSR count). The van der Waals surface area contributed by atoms with Crippen molar-refractivity contribution in [1.82, 2.24) is 24.1 Å². The normalized spacial score (nSPS) is 17.4. The summed E-state index contributed by atoms with van der Waals surface area (Å²) in [6.45, 7) is 0.864. The number of fused-ring (bicyclic) bond motifs is 2. The van der Waals surface area contributed by atoms with Gasteiger partial charge in [0.1, 0.15) is 5.82 Å². The molecule has 7 heteroatoms. The van der Waals surface area contributed by atoms with Gasteiger partial charge >= 0.3 is 0 Å². The summed E-state index contributed by atoms with van der Waals surface area (Å²) in [5.41, 5.74) is 1.54. The van der Waals surface area contributed by atoms with E-state index in [1.807, 2.05) is 53.1 Å². The molecule has 0 N–H and O–H groups in total. The zero-order valence-electron chi connectivity index (χ0n) is 14.4. The van der Waals surface area contributed by atoms with Crippen LogP contribution in [0.15, 0.2) is 53.5 Å². The van der Waals surface area contributed by atoms with E-state index in [-0.39, 0.29) is 11.6 Å². The Kier molecular flexibility index (Phi) is 3.28. The van der Waals surface area contributed by atoms with Crippen LogP contribution in [-0.2, 0) is 7.05 Å². The molecule has 1 fully saturated rings. The minimum absolute atomic E-state index is 0.00455. The molecule has 4 aromatic rings. The molecule has 7 nitrogen and oxygen atoms in total. The second-order valence-electron chi connectivity index (χ2n) is 6.63. The highest BCUT2D eigenvalue weighted by Gasteiger charge is 2.32. The first-order valence-corrected chi connectivity index (χ1v) is 8.76. The van der Waals surface area contributed by atoms with Gasteiger partial charge in [-0.3, -0.25) is 13.8 Å². The first-order valence-electron chi connectivity index (χ1n) is 8.76. The van der Waals surface area contributed by atoms with E-state index in [0.29, 0.717) is 5.39 Å². The number of para-hydroxylation sites is 1. The molecule has 0 aliphatic carbocycles. The van der Waals surface area contributed by atoms with Crippen molar-refractivity contribution in [3.8, 4) is 0 Å². The van der Waals surface area contributed by atoms with Crippen LogP contribution in [-0.4, -0.2) is 30.7 Å². The van der Waals surface area contributed by atoms with Crippen molar-refractivity contribution in [3.63, 3.8) is 0 Å². The minimum atomic E-state index is -0.0106. The predicted molar refractivity (Wildman–Crippen MR) is 99.3 cm³/mol. The lowest BCUT2D eigenvalue weighted by Crippen LogP contribution is -2.31. The Morgan fingerprint density at radius 2 is 1.92 bits per heavy atom.